The number of carbonyl (C=O) groups excluding carboxylic acids is 1. The number of urea groups is 1. The molecule has 1 aliphatic carbocycles. The Morgan fingerprint density at radius 3 is 2.10 bits per heavy atom. The summed E-state index contributed by atoms with van der Waals surface area (Å²) in [7, 11) is 5.65. The van der Waals surface area contributed by atoms with Crippen LogP contribution in [0.5, 0.6) is 0 Å². The lowest BCUT2D eigenvalue weighted by atomic mass is 9.80. The molecule has 1 aliphatic rings. The average Bonchev–Trinajstić information content (AvgIpc) is 2.68. The topological polar surface area (TPSA) is 72.9 Å². The Labute approximate surface area is 127 Å². The van der Waals surface area contributed by atoms with E-state index in [9.17, 15) is 14.7 Å². The molecule has 0 heterocycles. The van der Waals surface area contributed by atoms with Gasteiger partial charge in [-0.25, -0.2) is 4.79 Å². The first kappa shape index (κ1) is 17.8. The monoisotopic (exact) mass is 299 g/mol. The maximum absolute atomic E-state index is 12.1. The highest BCUT2D eigenvalue weighted by molar-refractivity contribution is 5.78. The third kappa shape index (κ3) is 5.53. The molecule has 0 aromatic rings. The number of carboxylic acids is 1. The largest absolute Gasteiger partial charge is 0.481 e. The molecule has 0 aliphatic heterocycles. The number of hydrogen-bond donors (Lipinski definition) is 2. The Kier molecular flexibility index (Phi) is 6.95. The molecular weight excluding hydrogens is 270 g/mol. The van der Waals surface area contributed by atoms with Crippen LogP contribution in [0.3, 0.4) is 0 Å². The molecule has 0 radical (unpaired) electrons. The number of hydrogen-bond acceptors (Lipinski definition) is 3. The van der Waals surface area contributed by atoms with Gasteiger partial charge in [0.1, 0.15) is 0 Å². The van der Waals surface area contributed by atoms with E-state index >= 15 is 0 Å². The van der Waals surface area contributed by atoms with Gasteiger partial charge in [-0.1, -0.05) is 25.7 Å². The van der Waals surface area contributed by atoms with Gasteiger partial charge in [0.25, 0.3) is 0 Å². The summed E-state index contributed by atoms with van der Waals surface area (Å²) in [6.07, 6.45) is 5.35. The fourth-order valence-corrected chi connectivity index (χ4v) is 2.70. The van der Waals surface area contributed by atoms with Gasteiger partial charge in [-0.3, -0.25) is 4.79 Å². The number of carboxylic acid groups (broad SMARTS) is 1. The maximum atomic E-state index is 12.1. The number of rotatable bonds is 6. The van der Waals surface area contributed by atoms with E-state index in [-0.39, 0.29) is 12.6 Å². The van der Waals surface area contributed by atoms with Crippen molar-refractivity contribution in [3.63, 3.8) is 0 Å². The van der Waals surface area contributed by atoms with Crippen molar-refractivity contribution < 1.29 is 14.7 Å². The minimum absolute atomic E-state index is 0.193. The van der Waals surface area contributed by atoms with E-state index in [2.05, 4.69) is 5.32 Å². The van der Waals surface area contributed by atoms with Crippen molar-refractivity contribution in [3.05, 3.63) is 0 Å². The second-order valence-electron chi connectivity index (χ2n) is 6.38. The normalized spacial score (nSPS) is 18.1. The van der Waals surface area contributed by atoms with E-state index in [1.54, 1.807) is 11.9 Å². The van der Waals surface area contributed by atoms with Gasteiger partial charge in [0.2, 0.25) is 0 Å². The smallest absolute Gasteiger partial charge is 0.317 e. The summed E-state index contributed by atoms with van der Waals surface area (Å²) in [5.74, 6) is -0.777. The van der Waals surface area contributed by atoms with Gasteiger partial charge in [-0.05, 0) is 26.9 Å². The van der Waals surface area contributed by atoms with Gasteiger partial charge in [0.15, 0.2) is 0 Å². The van der Waals surface area contributed by atoms with Crippen molar-refractivity contribution in [2.75, 3.05) is 40.8 Å². The van der Waals surface area contributed by atoms with E-state index in [0.717, 1.165) is 32.2 Å². The van der Waals surface area contributed by atoms with Crippen LogP contribution in [0.25, 0.3) is 0 Å². The average molecular weight is 299 g/mol. The van der Waals surface area contributed by atoms with E-state index < -0.39 is 11.4 Å². The summed E-state index contributed by atoms with van der Waals surface area (Å²) in [6.45, 7) is 1.64. The summed E-state index contributed by atoms with van der Waals surface area (Å²) in [5, 5.41) is 12.4. The lowest BCUT2D eigenvalue weighted by Crippen LogP contribution is -2.47. The first-order valence-corrected chi connectivity index (χ1v) is 7.74. The fraction of sp³-hybridized carbons (Fsp3) is 0.867. The molecule has 0 spiro atoms. The Morgan fingerprint density at radius 2 is 1.62 bits per heavy atom. The van der Waals surface area contributed by atoms with Crippen LogP contribution in [-0.2, 0) is 4.79 Å². The first-order valence-electron chi connectivity index (χ1n) is 7.74. The molecular formula is C15H29N3O3. The summed E-state index contributed by atoms with van der Waals surface area (Å²) < 4.78 is 0. The molecule has 6 heteroatoms. The van der Waals surface area contributed by atoms with Crippen LogP contribution in [-0.4, -0.2) is 67.7 Å². The molecule has 122 valence electrons. The summed E-state index contributed by atoms with van der Waals surface area (Å²) in [6, 6.07) is -0.193. The molecule has 0 bridgehead atoms. The van der Waals surface area contributed by atoms with Crippen molar-refractivity contribution in [1.82, 2.24) is 15.1 Å². The number of likely N-dealkylation sites (N-methyl/N-ethyl adjacent to an activating group) is 2. The third-order valence-corrected chi connectivity index (χ3v) is 4.32. The molecule has 0 aromatic heterocycles. The molecule has 2 amide bonds. The zero-order valence-corrected chi connectivity index (χ0v) is 13.5. The van der Waals surface area contributed by atoms with E-state index in [1.807, 2.05) is 19.0 Å². The third-order valence-electron chi connectivity index (χ3n) is 4.32. The van der Waals surface area contributed by atoms with Gasteiger partial charge in [0.05, 0.1) is 5.41 Å². The van der Waals surface area contributed by atoms with Crippen molar-refractivity contribution in [3.8, 4) is 0 Å². The predicted molar refractivity (Wildman–Crippen MR) is 82.4 cm³/mol. The molecule has 1 rings (SSSR count). The van der Waals surface area contributed by atoms with Crippen LogP contribution in [0.15, 0.2) is 0 Å². The SMILES string of the molecule is CN(C)CCN(C)C(=O)NCC1(C(=O)O)CCCCCC1. The van der Waals surface area contributed by atoms with Gasteiger partial charge < -0.3 is 20.2 Å². The quantitative estimate of drug-likeness (QED) is 0.731. The van der Waals surface area contributed by atoms with E-state index in [4.69, 9.17) is 0 Å². The molecule has 2 N–H and O–H groups in total. The predicted octanol–water partition coefficient (Wildman–Crippen LogP) is 1.61. The summed E-state index contributed by atoms with van der Waals surface area (Å²) in [5.41, 5.74) is -0.783. The van der Waals surface area contributed by atoms with Gasteiger partial charge in [0, 0.05) is 26.7 Å². The second-order valence-corrected chi connectivity index (χ2v) is 6.38. The van der Waals surface area contributed by atoms with Crippen LogP contribution in [0.1, 0.15) is 38.5 Å². The number of nitrogens with zero attached hydrogens (tertiary/aromatic N) is 2. The molecule has 0 saturated heterocycles. The minimum atomic E-state index is -0.783. The Morgan fingerprint density at radius 1 is 1.05 bits per heavy atom. The second kappa shape index (κ2) is 8.22. The molecule has 0 aromatic carbocycles. The van der Waals surface area contributed by atoms with Crippen molar-refractivity contribution in [2.24, 2.45) is 5.41 Å². The van der Waals surface area contributed by atoms with Gasteiger partial charge >= 0.3 is 12.0 Å². The van der Waals surface area contributed by atoms with Gasteiger partial charge in [-0.15, -0.1) is 0 Å². The molecule has 0 atom stereocenters. The fourth-order valence-electron chi connectivity index (χ4n) is 2.70. The Bertz CT molecular complexity index is 350. The zero-order chi connectivity index (χ0) is 15.9. The van der Waals surface area contributed by atoms with Crippen LogP contribution in [0.4, 0.5) is 4.79 Å². The molecule has 6 nitrogen and oxygen atoms in total. The van der Waals surface area contributed by atoms with Gasteiger partial charge in [-0.2, -0.15) is 0 Å². The zero-order valence-electron chi connectivity index (χ0n) is 13.5. The number of carbonyl (C=O) groups is 2. The maximum Gasteiger partial charge on any atom is 0.317 e. The lowest BCUT2D eigenvalue weighted by Gasteiger charge is -2.29. The Balaban J connectivity index is 2.52. The van der Waals surface area contributed by atoms with Crippen molar-refractivity contribution >= 4 is 12.0 Å². The highest BCUT2D eigenvalue weighted by atomic mass is 16.4. The Hall–Kier alpha value is -1.30. The highest BCUT2D eigenvalue weighted by Gasteiger charge is 2.39. The lowest BCUT2D eigenvalue weighted by molar-refractivity contribution is -0.149. The minimum Gasteiger partial charge on any atom is -0.481 e. The van der Waals surface area contributed by atoms with E-state index in [1.165, 1.54) is 0 Å². The van der Waals surface area contributed by atoms with Crippen molar-refractivity contribution in [1.29, 1.82) is 0 Å². The van der Waals surface area contributed by atoms with Crippen LogP contribution >= 0.6 is 0 Å². The summed E-state index contributed by atoms with van der Waals surface area (Å²) in [4.78, 5) is 27.3. The number of aliphatic carboxylic acids is 1. The molecule has 21 heavy (non-hydrogen) atoms. The first-order chi connectivity index (χ1) is 9.87. The standard InChI is InChI=1S/C15H29N3O3/c1-17(2)10-11-18(3)14(21)16-12-15(13(19)20)8-6-4-5-7-9-15/h4-12H2,1-3H3,(H,16,21)(H,19,20). The van der Waals surface area contributed by atoms with Crippen molar-refractivity contribution in [2.45, 2.75) is 38.5 Å². The van der Waals surface area contributed by atoms with Crippen LogP contribution < -0.4 is 5.32 Å². The number of amides is 2. The number of nitrogens with one attached hydrogen (secondary N) is 1. The van der Waals surface area contributed by atoms with Crippen LogP contribution in [0, 0.1) is 5.41 Å². The van der Waals surface area contributed by atoms with E-state index in [0.29, 0.717) is 19.4 Å². The molecule has 1 saturated carbocycles. The molecule has 0 unspecified atom stereocenters. The highest BCUT2D eigenvalue weighted by Crippen LogP contribution is 2.34. The van der Waals surface area contributed by atoms with Crippen LogP contribution in [0.2, 0.25) is 0 Å². The molecule has 1 fully saturated rings. The summed E-state index contributed by atoms with van der Waals surface area (Å²) >= 11 is 0.